The number of aliphatic hydroxyl groups excluding tert-OH is 1. The first kappa shape index (κ1) is 11.2. The molecular weight excluding hydrogens is 176 g/mol. The standard InChI is InChI=1S/C11H20N2O/c1-8(11(2,3)4)10(14)9-6-7-12-13(9)5/h6-8,10,14H,1-5H3. The first-order chi connectivity index (χ1) is 6.34. The van der Waals surface area contributed by atoms with Crippen LogP contribution < -0.4 is 0 Å². The Hall–Kier alpha value is -0.830. The second-order valence-corrected chi connectivity index (χ2v) is 4.98. The van der Waals surface area contributed by atoms with E-state index in [-0.39, 0.29) is 11.3 Å². The van der Waals surface area contributed by atoms with Gasteiger partial charge in [-0.15, -0.1) is 0 Å². The van der Waals surface area contributed by atoms with Crippen LogP contribution in [0, 0.1) is 11.3 Å². The smallest absolute Gasteiger partial charge is 0.0986 e. The lowest BCUT2D eigenvalue weighted by atomic mass is 9.78. The maximum atomic E-state index is 10.1. The molecule has 0 saturated carbocycles. The Balaban J connectivity index is 2.86. The fourth-order valence-corrected chi connectivity index (χ4v) is 1.40. The molecule has 1 rings (SSSR count). The minimum Gasteiger partial charge on any atom is -0.387 e. The molecule has 1 aromatic heterocycles. The fraction of sp³-hybridized carbons (Fsp3) is 0.727. The summed E-state index contributed by atoms with van der Waals surface area (Å²) in [5.41, 5.74) is 0.983. The van der Waals surface area contributed by atoms with Gasteiger partial charge in [0.05, 0.1) is 11.8 Å². The average Bonchev–Trinajstić information content (AvgIpc) is 2.47. The Morgan fingerprint density at radius 1 is 1.43 bits per heavy atom. The Morgan fingerprint density at radius 3 is 2.36 bits per heavy atom. The molecule has 14 heavy (non-hydrogen) atoms. The lowest BCUT2D eigenvalue weighted by molar-refractivity contribution is 0.0475. The van der Waals surface area contributed by atoms with Gasteiger partial charge in [0.2, 0.25) is 0 Å². The summed E-state index contributed by atoms with van der Waals surface area (Å²) in [7, 11) is 1.86. The van der Waals surface area contributed by atoms with Gasteiger partial charge in [0.15, 0.2) is 0 Å². The molecule has 0 aliphatic carbocycles. The maximum absolute atomic E-state index is 10.1. The number of hydrogen-bond donors (Lipinski definition) is 1. The molecule has 0 saturated heterocycles. The largest absolute Gasteiger partial charge is 0.387 e. The van der Waals surface area contributed by atoms with Gasteiger partial charge < -0.3 is 5.11 Å². The molecule has 0 aliphatic rings. The van der Waals surface area contributed by atoms with Crippen molar-refractivity contribution >= 4 is 0 Å². The van der Waals surface area contributed by atoms with Crippen LogP contribution in [-0.2, 0) is 7.05 Å². The van der Waals surface area contributed by atoms with E-state index in [9.17, 15) is 5.11 Å². The van der Waals surface area contributed by atoms with Gasteiger partial charge in [-0.3, -0.25) is 4.68 Å². The van der Waals surface area contributed by atoms with Gasteiger partial charge in [0, 0.05) is 13.2 Å². The molecule has 2 atom stereocenters. The summed E-state index contributed by atoms with van der Waals surface area (Å²) in [5.74, 6) is 0.206. The molecule has 1 N–H and O–H groups in total. The second kappa shape index (κ2) is 3.73. The van der Waals surface area contributed by atoms with E-state index < -0.39 is 6.10 Å². The monoisotopic (exact) mass is 196 g/mol. The fourth-order valence-electron chi connectivity index (χ4n) is 1.40. The average molecular weight is 196 g/mol. The zero-order valence-electron chi connectivity index (χ0n) is 9.65. The normalized spacial score (nSPS) is 16.7. The van der Waals surface area contributed by atoms with Gasteiger partial charge >= 0.3 is 0 Å². The van der Waals surface area contributed by atoms with Crippen LogP contribution in [0.2, 0.25) is 0 Å². The number of hydrogen-bond acceptors (Lipinski definition) is 2. The molecule has 1 heterocycles. The summed E-state index contributed by atoms with van der Waals surface area (Å²) < 4.78 is 1.73. The van der Waals surface area contributed by atoms with Gasteiger partial charge in [-0.05, 0) is 17.4 Å². The molecule has 1 aromatic rings. The molecule has 0 radical (unpaired) electrons. The minimum atomic E-state index is -0.442. The van der Waals surface area contributed by atoms with E-state index >= 15 is 0 Å². The van der Waals surface area contributed by atoms with Gasteiger partial charge in [0.1, 0.15) is 0 Å². The zero-order chi connectivity index (χ0) is 10.9. The number of nitrogens with zero attached hydrogens (tertiary/aromatic N) is 2. The minimum absolute atomic E-state index is 0.101. The van der Waals surface area contributed by atoms with Crippen LogP contribution in [0.3, 0.4) is 0 Å². The Morgan fingerprint density at radius 2 is 2.00 bits per heavy atom. The van der Waals surface area contributed by atoms with E-state index in [1.54, 1.807) is 10.9 Å². The lowest BCUT2D eigenvalue weighted by Gasteiger charge is -2.31. The van der Waals surface area contributed by atoms with Crippen molar-refractivity contribution in [3.8, 4) is 0 Å². The predicted octanol–water partition coefficient (Wildman–Crippen LogP) is 2.14. The van der Waals surface area contributed by atoms with Crippen molar-refractivity contribution in [2.75, 3.05) is 0 Å². The molecular formula is C11H20N2O. The molecule has 0 aliphatic heterocycles. The van der Waals surface area contributed by atoms with Crippen molar-refractivity contribution in [1.82, 2.24) is 9.78 Å². The van der Waals surface area contributed by atoms with Gasteiger partial charge in [0.25, 0.3) is 0 Å². The highest BCUT2D eigenvalue weighted by molar-refractivity contribution is 5.06. The Labute approximate surface area is 85.8 Å². The maximum Gasteiger partial charge on any atom is 0.0986 e. The van der Waals surface area contributed by atoms with Crippen molar-refractivity contribution in [1.29, 1.82) is 0 Å². The van der Waals surface area contributed by atoms with E-state index in [0.717, 1.165) is 5.69 Å². The molecule has 0 spiro atoms. The van der Waals surface area contributed by atoms with Crippen molar-refractivity contribution in [2.24, 2.45) is 18.4 Å². The van der Waals surface area contributed by atoms with Crippen LogP contribution in [0.25, 0.3) is 0 Å². The number of aliphatic hydroxyl groups is 1. The first-order valence-electron chi connectivity index (χ1n) is 5.00. The first-order valence-corrected chi connectivity index (χ1v) is 5.00. The van der Waals surface area contributed by atoms with E-state index in [4.69, 9.17) is 0 Å². The summed E-state index contributed by atoms with van der Waals surface area (Å²) >= 11 is 0. The summed E-state index contributed by atoms with van der Waals surface area (Å²) in [6, 6.07) is 1.87. The molecule has 0 amide bonds. The van der Waals surface area contributed by atoms with Crippen molar-refractivity contribution in [3.63, 3.8) is 0 Å². The van der Waals surface area contributed by atoms with Crippen LogP contribution in [0.5, 0.6) is 0 Å². The summed E-state index contributed by atoms with van der Waals surface area (Å²) in [5, 5.41) is 14.2. The highest BCUT2D eigenvalue weighted by Crippen LogP contribution is 2.35. The van der Waals surface area contributed by atoms with Crippen LogP contribution in [0.15, 0.2) is 12.3 Å². The molecule has 80 valence electrons. The van der Waals surface area contributed by atoms with Crippen LogP contribution in [0.1, 0.15) is 39.5 Å². The molecule has 0 aromatic carbocycles. The molecule has 0 bridgehead atoms. The topological polar surface area (TPSA) is 38.1 Å². The predicted molar refractivity (Wildman–Crippen MR) is 56.8 cm³/mol. The van der Waals surface area contributed by atoms with E-state index in [1.165, 1.54) is 0 Å². The van der Waals surface area contributed by atoms with Crippen molar-refractivity contribution in [3.05, 3.63) is 18.0 Å². The van der Waals surface area contributed by atoms with Gasteiger partial charge in [-0.2, -0.15) is 5.10 Å². The molecule has 2 unspecified atom stereocenters. The third-order valence-electron chi connectivity index (χ3n) is 3.00. The summed E-state index contributed by atoms with van der Waals surface area (Å²) in [6.07, 6.45) is 1.27. The molecule has 0 fully saturated rings. The second-order valence-electron chi connectivity index (χ2n) is 4.98. The highest BCUT2D eigenvalue weighted by atomic mass is 16.3. The number of aromatic nitrogens is 2. The lowest BCUT2D eigenvalue weighted by Crippen LogP contribution is -2.25. The van der Waals surface area contributed by atoms with Gasteiger partial charge in [-0.1, -0.05) is 27.7 Å². The Kier molecular flexibility index (Phi) is 3.00. The zero-order valence-corrected chi connectivity index (χ0v) is 9.65. The number of aryl methyl sites for hydroxylation is 1. The highest BCUT2D eigenvalue weighted by Gasteiger charge is 2.29. The Bertz CT molecular complexity index is 298. The molecule has 3 heteroatoms. The van der Waals surface area contributed by atoms with Crippen LogP contribution in [-0.4, -0.2) is 14.9 Å². The van der Waals surface area contributed by atoms with E-state index in [1.807, 2.05) is 13.1 Å². The van der Waals surface area contributed by atoms with Gasteiger partial charge in [-0.25, -0.2) is 0 Å². The van der Waals surface area contributed by atoms with Crippen molar-refractivity contribution in [2.45, 2.75) is 33.8 Å². The SMILES string of the molecule is CC(C(O)c1ccnn1C)C(C)(C)C. The summed E-state index contributed by atoms with van der Waals surface area (Å²) in [6.45, 7) is 8.48. The van der Waals surface area contributed by atoms with E-state index in [0.29, 0.717) is 0 Å². The van der Waals surface area contributed by atoms with Crippen LogP contribution in [0.4, 0.5) is 0 Å². The van der Waals surface area contributed by atoms with Crippen LogP contribution >= 0.6 is 0 Å². The number of rotatable bonds is 2. The van der Waals surface area contributed by atoms with E-state index in [2.05, 4.69) is 32.8 Å². The van der Waals surface area contributed by atoms with Crippen molar-refractivity contribution < 1.29 is 5.11 Å². The third-order valence-corrected chi connectivity index (χ3v) is 3.00. The third kappa shape index (κ3) is 2.15. The quantitative estimate of drug-likeness (QED) is 0.787. The molecule has 3 nitrogen and oxygen atoms in total. The summed E-state index contributed by atoms with van der Waals surface area (Å²) in [4.78, 5) is 0.